The van der Waals surface area contributed by atoms with Crippen molar-refractivity contribution in [1.29, 1.82) is 0 Å². The SMILES string of the molecule is Cc1nnnn1-c1ccc(F)c(NC(=O)COc2ccccc2Cc2ccccc2)c1. The number of anilines is 1. The molecule has 1 heterocycles. The topological polar surface area (TPSA) is 81.9 Å². The standard InChI is InChI=1S/C23H20FN5O2/c1-16-26-27-28-29(16)19-11-12-20(24)21(14-19)25-23(30)15-31-22-10-6-5-9-18(22)13-17-7-3-2-4-8-17/h2-12,14H,13,15H2,1H3,(H,25,30). The molecule has 0 aliphatic carbocycles. The van der Waals surface area contributed by atoms with E-state index in [1.54, 1.807) is 6.92 Å². The highest BCUT2D eigenvalue weighted by Gasteiger charge is 2.12. The Morgan fingerprint density at radius 1 is 1.06 bits per heavy atom. The van der Waals surface area contributed by atoms with E-state index >= 15 is 0 Å². The maximum absolute atomic E-state index is 14.2. The third-order valence-corrected chi connectivity index (χ3v) is 4.66. The van der Waals surface area contributed by atoms with Crippen LogP contribution in [0.5, 0.6) is 5.75 Å². The third-order valence-electron chi connectivity index (χ3n) is 4.66. The first kappa shape index (κ1) is 20.2. The molecule has 4 aromatic rings. The summed E-state index contributed by atoms with van der Waals surface area (Å²) in [6, 6.07) is 21.8. The smallest absolute Gasteiger partial charge is 0.262 e. The van der Waals surface area contributed by atoms with Crippen molar-refractivity contribution in [3.8, 4) is 11.4 Å². The number of aryl methyl sites for hydroxylation is 1. The van der Waals surface area contributed by atoms with Crippen LogP contribution in [0.3, 0.4) is 0 Å². The summed E-state index contributed by atoms with van der Waals surface area (Å²) in [4.78, 5) is 12.4. The molecule has 0 unspecified atom stereocenters. The number of benzene rings is 3. The zero-order valence-corrected chi connectivity index (χ0v) is 16.8. The highest BCUT2D eigenvalue weighted by Crippen LogP contribution is 2.22. The molecule has 8 heteroatoms. The van der Waals surface area contributed by atoms with E-state index in [1.807, 2.05) is 54.6 Å². The number of rotatable bonds is 7. The number of hydrogen-bond acceptors (Lipinski definition) is 5. The van der Waals surface area contributed by atoms with Crippen LogP contribution in [0, 0.1) is 12.7 Å². The van der Waals surface area contributed by atoms with Gasteiger partial charge in [0.05, 0.1) is 11.4 Å². The lowest BCUT2D eigenvalue weighted by Crippen LogP contribution is -2.21. The Labute approximate surface area is 178 Å². The van der Waals surface area contributed by atoms with E-state index in [2.05, 4.69) is 20.8 Å². The minimum atomic E-state index is -0.563. The van der Waals surface area contributed by atoms with Gasteiger partial charge >= 0.3 is 0 Å². The molecule has 1 amide bonds. The number of ether oxygens (including phenoxy) is 1. The van der Waals surface area contributed by atoms with Crippen molar-refractivity contribution < 1.29 is 13.9 Å². The highest BCUT2D eigenvalue weighted by atomic mass is 19.1. The summed E-state index contributed by atoms with van der Waals surface area (Å²) in [5.74, 6) is 0.119. The van der Waals surface area contributed by atoms with Gasteiger partial charge in [-0.3, -0.25) is 4.79 Å². The van der Waals surface area contributed by atoms with E-state index in [9.17, 15) is 9.18 Å². The van der Waals surface area contributed by atoms with Crippen LogP contribution in [-0.2, 0) is 11.2 Å². The average molecular weight is 417 g/mol. The lowest BCUT2D eigenvalue weighted by atomic mass is 10.0. The summed E-state index contributed by atoms with van der Waals surface area (Å²) in [5, 5.41) is 13.8. The molecule has 0 fully saturated rings. The number of hydrogen-bond donors (Lipinski definition) is 1. The summed E-state index contributed by atoms with van der Waals surface area (Å²) in [6.45, 7) is 1.47. The van der Waals surface area contributed by atoms with E-state index in [0.717, 1.165) is 11.1 Å². The van der Waals surface area contributed by atoms with Gasteiger partial charge in [0.15, 0.2) is 12.4 Å². The van der Waals surface area contributed by atoms with Crippen LogP contribution in [0.1, 0.15) is 17.0 Å². The van der Waals surface area contributed by atoms with Crippen molar-refractivity contribution in [2.24, 2.45) is 0 Å². The molecule has 0 aliphatic heterocycles. The molecule has 0 saturated heterocycles. The molecule has 156 valence electrons. The predicted octanol–water partition coefficient (Wildman–Crippen LogP) is 3.72. The summed E-state index contributed by atoms with van der Waals surface area (Å²) < 4.78 is 21.4. The van der Waals surface area contributed by atoms with Crippen LogP contribution in [0.4, 0.5) is 10.1 Å². The van der Waals surface area contributed by atoms with Crippen LogP contribution >= 0.6 is 0 Å². The monoisotopic (exact) mass is 417 g/mol. The molecule has 1 aromatic heterocycles. The first-order valence-electron chi connectivity index (χ1n) is 9.69. The number of nitrogens with zero attached hydrogens (tertiary/aromatic N) is 4. The molecular formula is C23H20FN5O2. The molecule has 0 spiro atoms. The summed E-state index contributed by atoms with van der Waals surface area (Å²) in [6.07, 6.45) is 0.681. The van der Waals surface area contributed by atoms with Gasteiger partial charge < -0.3 is 10.1 Å². The Balaban J connectivity index is 1.43. The van der Waals surface area contributed by atoms with Crippen LogP contribution in [0.15, 0.2) is 72.8 Å². The fourth-order valence-corrected chi connectivity index (χ4v) is 3.15. The molecule has 0 radical (unpaired) electrons. The van der Waals surface area contributed by atoms with E-state index in [0.29, 0.717) is 23.7 Å². The Hall–Kier alpha value is -4.07. The molecule has 0 bridgehead atoms. The second-order valence-corrected chi connectivity index (χ2v) is 6.91. The van der Waals surface area contributed by atoms with Crippen molar-refractivity contribution >= 4 is 11.6 Å². The van der Waals surface area contributed by atoms with E-state index < -0.39 is 11.7 Å². The van der Waals surface area contributed by atoms with E-state index in [1.165, 1.54) is 22.9 Å². The highest BCUT2D eigenvalue weighted by molar-refractivity contribution is 5.92. The van der Waals surface area contributed by atoms with Gasteiger partial charge in [0.2, 0.25) is 0 Å². The molecule has 1 N–H and O–H groups in total. The second-order valence-electron chi connectivity index (χ2n) is 6.91. The minimum Gasteiger partial charge on any atom is -0.483 e. The van der Waals surface area contributed by atoms with Gasteiger partial charge in [0.25, 0.3) is 5.91 Å². The van der Waals surface area contributed by atoms with Gasteiger partial charge in [0, 0.05) is 6.42 Å². The Kier molecular flexibility index (Phi) is 5.98. The number of tetrazole rings is 1. The van der Waals surface area contributed by atoms with E-state index in [4.69, 9.17) is 4.74 Å². The summed E-state index contributed by atoms with van der Waals surface area (Å²) in [7, 11) is 0. The second kappa shape index (κ2) is 9.17. The van der Waals surface area contributed by atoms with Gasteiger partial charge in [-0.25, -0.2) is 4.39 Å². The van der Waals surface area contributed by atoms with Gasteiger partial charge in [0.1, 0.15) is 11.6 Å². The van der Waals surface area contributed by atoms with Crippen molar-refractivity contribution in [3.63, 3.8) is 0 Å². The zero-order valence-electron chi connectivity index (χ0n) is 16.8. The number of amides is 1. The number of aromatic nitrogens is 4. The van der Waals surface area contributed by atoms with Gasteiger partial charge in [-0.15, -0.1) is 5.10 Å². The normalized spacial score (nSPS) is 10.6. The number of para-hydroxylation sites is 1. The molecule has 0 aliphatic rings. The molecular weight excluding hydrogens is 397 g/mol. The fraction of sp³-hybridized carbons (Fsp3) is 0.130. The number of nitrogens with one attached hydrogen (secondary N) is 1. The van der Waals surface area contributed by atoms with Crippen molar-refractivity contribution in [3.05, 3.63) is 95.6 Å². The fourth-order valence-electron chi connectivity index (χ4n) is 3.15. The molecule has 4 rings (SSSR count). The quantitative estimate of drug-likeness (QED) is 0.496. The van der Waals surface area contributed by atoms with Crippen LogP contribution in [0.2, 0.25) is 0 Å². The number of halogens is 1. The van der Waals surface area contributed by atoms with Crippen LogP contribution in [0.25, 0.3) is 5.69 Å². The average Bonchev–Trinajstić information content (AvgIpc) is 3.21. The van der Waals surface area contributed by atoms with Gasteiger partial charge in [-0.05, 0) is 52.7 Å². The minimum absolute atomic E-state index is 0.0265. The molecule has 0 atom stereocenters. The van der Waals surface area contributed by atoms with Crippen LogP contribution < -0.4 is 10.1 Å². The van der Waals surface area contributed by atoms with Crippen molar-refractivity contribution in [2.75, 3.05) is 11.9 Å². The van der Waals surface area contributed by atoms with Gasteiger partial charge in [-0.2, -0.15) is 4.68 Å². The summed E-state index contributed by atoms with van der Waals surface area (Å²) >= 11 is 0. The lowest BCUT2D eigenvalue weighted by Gasteiger charge is -2.13. The molecule has 3 aromatic carbocycles. The first-order valence-corrected chi connectivity index (χ1v) is 9.69. The number of carbonyl (C=O) groups is 1. The third kappa shape index (κ3) is 4.92. The van der Waals surface area contributed by atoms with Crippen molar-refractivity contribution in [1.82, 2.24) is 20.2 Å². The largest absolute Gasteiger partial charge is 0.483 e. The predicted molar refractivity (Wildman–Crippen MR) is 114 cm³/mol. The zero-order chi connectivity index (χ0) is 21.6. The van der Waals surface area contributed by atoms with E-state index in [-0.39, 0.29) is 12.3 Å². The lowest BCUT2D eigenvalue weighted by molar-refractivity contribution is -0.118. The molecule has 0 saturated carbocycles. The first-order chi connectivity index (χ1) is 15.1. The van der Waals surface area contributed by atoms with Gasteiger partial charge in [-0.1, -0.05) is 48.5 Å². The molecule has 31 heavy (non-hydrogen) atoms. The Morgan fingerprint density at radius 2 is 1.84 bits per heavy atom. The summed E-state index contributed by atoms with van der Waals surface area (Å²) in [5.41, 5.74) is 2.66. The maximum atomic E-state index is 14.2. The molecule has 7 nitrogen and oxygen atoms in total. The Morgan fingerprint density at radius 3 is 2.61 bits per heavy atom. The Bertz CT molecular complexity index is 1190. The van der Waals surface area contributed by atoms with Crippen LogP contribution in [-0.4, -0.2) is 32.7 Å². The maximum Gasteiger partial charge on any atom is 0.262 e. The number of carbonyl (C=O) groups excluding carboxylic acids is 1. The van der Waals surface area contributed by atoms with Crippen molar-refractivity contribution in [2.45, 2.75) is 13.3 Å².